The standard InChI is InChI=1S/C13H15OS/c1-14-12-8-9-13(15(2)3)11-7-5-4-6-10(11)12/h4-9H,1-3H3/q+1. The molecule has 0 aliphatic heterocycles. The van der Waals surface area contributed by atoms with Gasteiger partial charge in [-0.1, -0.05) is 18.2 Å². The minimum absolute atomic E-state index is 0.281. The average Bonchev–Trinajstić information content (AvgIpc) is 2.27. The third kappa shape index (κ3) is 1.82. The molecule has 2 aromatic carbocycles. The second kappa shape index (κ2) is 4.15. The number of ether oxygens (including phenoxy) is 1. The molecule has 0 saturated carbocycles. The molecule has 0 radical (unpaired) electrons. The summed E-state index contributed by atoms with van der Waals surface area (Å²) in [7, 11) is 2.00. The lowest BCUT2D eigenvalue weighted by molar-refractivity contribution is 0.419. The lowest BCUT2D eigenvalue weighted by Crippen LogP contribution is -1.97. The van der Waals surface area contributed by atoms with Gasteiger partial charge >= 0.3 is 0 Å². The second-order valence-electron chi connectivity index (χ2n) is 3.63. The normalized spacial score (nSPS) is 10.9. The smallest absolute Gasteiger partial charge is 0.162 e. The molecule has 0 bridgehead atoms. The zero-order valence-corrected chi connectivity index (χ0v) is 10.1. The van der Waals surface area contributed by atoms with Crippen molar-refractivity contribution in [3.05, 3.63) is 36.4 Å². The van der Waals surface area contributed by atoms with Gasteiger partial charge < -0.3 is 4.74 Å². The van der Waals surface area contributed by atoms with Crippen LogP contribution in [0.25, 0.3) is 10.8 Å². The lowest BCUT2D eigenvalue weighted by atomic mass is 10.1. The molecule has 0 unspecified atom stereocenters. The summed E-state index contributed by atoms with van der Waals surface area (Å²) in [6, 6.07) is 12.6. The van der Waals surface area contributed by atoms with Gasteiger partial charge in [-0.3, -0.25) is 0 Å². The van der Waals surface area contributed by atoms with Crippen molar-refractivity contribution in [3.8, 4) is 5.75 Å². The lowest BCUT2D eigenvalue weighted by Gasteiger charge is -2.07. The summed E-state index contributed by atoms with van der Waals surface area (Å²) in [6.45, 7) is 0. The highest BCUT2D eigenvalue weighted by molar-refractivity contribution is 7.95. The molecular weight excluding hydrogens is 204 g/mol. The van der Waals surface area contributed by atoms with Crippen LogP contribution >= 0.6 is 0 Å². The largest absolute Gasteiger partial charge is 0.496 e. The summed E-state index contributed by atoms with van der Waals surface area (Å²) in [5.41, 5.74) is 0. The first-order valence-electron chi connectivity index (χ1n) is 4.87. The van der Waals surface area contributed by atoms with Gasteiger partial charge in [0.05, 0.1) is 7.11 Å². The summed E-state index contributed by atoms with van der Waals surface area (Å²) < 4.78 is 5.37. The zero-order valence-electron chi connectivity index (χ0n) is 9.28. The van der Waals surface area contributed by atoms with Crippen LogP contribution < -0.4 is 4.74 Å². The molecule has 0 spiro atoms. The van der Waals surface area contributed by atoms with E-state index in [4.69, 9.17) is 4.74 Å². The predicted octanol–water partition coefficient (Wildman–Crippen LogP) is 3.09. The first-order valence-corrected chi connectivity index (χ1v) is 6.91. The number of benzene rings is 2. The van der Waals surface area contributed by atoms with Crippen LogP contribution in [0.15, 0.2) is 41.3 Å². The van der Waals surface area contributed by atoms with Crippen molar-refractivity contribution in [2.75, 3.05) is 19.6 Å². The first-order chi connectivity index (χ1) is 7.24. The van der Waals surface area contributed by atoms with E-state index in [1.807, 2.05) is 0 Å². The van der Waals surface area contributed by atoms with Crippen LogP contribution in [0.2, 0.25) is 0 Å². The Labute approximate surface area is 93.4 Å². The SMILES string of the molecule is COc1ccc([S+](C)C)c2ccccc12. The van der Waals surface area contributed by atoms with E-state index in [-0.39, 0.29) is 10.9 Å². The third-order valence-corrected chi connectivity index (χ3v) is 3.74. The van der Waals surface area contributed by atoms with Crippen molar-refractivity contribution in [3.63, 3.8) is 0 Å². The number of rotatable bonds is 2. The monoisotopic (exact) mass is 219 g/mol. The van der Waals surface area contributed by atoms with E-state index in [9.17, 15) is 0 Å². The van der Waals surface area contributed by atoms with Gasteiger partial charge in [0.15, 0.2) is 4.90 Å². The number of methoxy groups -OCH3 is 1. The molecule has 15 heavy (non-hydrogen) atoms. The molecule has 0 fully saturated rings. The Hall–Kier alpha value is -1.15. The van der Waals surface area contributed by atoms with Gasteiger partial charge in [0.2, 0.25) is 0 Å². The molecule has 0 N–H and O–H groups in total. The maximum absolute atomic E-state index is 5.37. The van der Waals surface area contributed by atoms with Crippen molar-refractivity contribution in [1.82, 2.24) is 0 Å². The maximum Gasteiger partial charge on any atom is 0.162 e. The van der Waals surface area contributed by atoms with Gasteiger partial charge in [-0.05, 0) is 18.2 Å². The maximum atomic E-state index is 5.37. The topological polar surface area (TPSA) is 9.23 Å². The van der Waals surface area contributed by atoms with Gasteiger partial charge in [0.1, 0.15) is 18.3 Å². The highest BCUT2D eigenvalue weighted by Gasteiger charge is 2.14. The first kappa shape index (κ1) is 10.4. The van der Waals surface area contributed by atoms with E-state index < -0.39 is 0 Å². The fourth-order valence-corrected chi connectivity index (χ4v) is 2.74. The van der Waals surface area contributed by atoms with Crippen molar-refractivity contribution in [2.45, 2.75) is 4.90 Å². The second-order valence-corrected chi connectivity index (χ2v) is 5.70. The number of hydrogen-bond donors (Lipinski definition) is 0. The quantitative estimate of drug-likeness (QED) is 0.705. The van der Waals surface area contributed by atoms with Gasteiger partial charge in [0.25, 0.3) is 0 Å². The van der Waals surface area contributed by atoms with Gasteiger partial charge in [-0.25, -0.2) is 0 Å². The van der Waals surface area contributed by atoms with Crippen LogP contribution in [-0.2, 0) is 10.9 Å². The van der Waals surface area contributed by atoms with Crippen LogP contribution in [0.5, 0.6) is 5.75 Å². The molecule has 0 heterocycles. The third-order valence-electron chi connectivity index (χ3n) is 2.50. The van der Waals surface area contributed by atoms with Crippen LogP contribution in [-0.4, -0.2) is 19.6 Å². The van der Waals surface area contributed by atoms with E-state index in [1.165, 1.54) is 15.7 Å². The summed E-state index contributed by atoms with van der Waals surface area (Å²) in [5, 5.41) is 2.52. The molecule has 0 aliphatic rings. The summed E-state index contributed by atoms with van der Waals surface area (Å²) in [5.74, 6) is 0.958. The molecule has 78 valence electrons. The van der Waals surface area contributed by atoms with Gasteiger partial charge in [-0.2, -0.15) is 0 Å². The molecular formula is C13H15OS+. The number of hydrogen-bond acceptors (Lipinski definition) is 1. The van der Waals surface area contributed by atoms with Gasteiger partial charge in [-0.15, -0.1) is 0 Å². The molecule has 0 aliphatic carbocycles. The van der Waals surface area contributed by atoms with Crippen LogP contribution in [0.3, 0.4) is 0 Å². The minimum Gasteiger partial charge on any atom is -0.496 e. The molecule has 0 atom stereocenters. The van der Waals surface area contributed by atoms with Crippen LogP contribution in [0, 0.1) is 0 Å². The highest BCUT2D eigenvalue weighted by Crippen LogP contribution is 2.30. The number of fused-ring (bicyclic) bond motifs is 1. The van der Waals surface area contributed by atoms with Crippen LogP contribution in [0.4, 0.5) is 0 Å². The highest BCUT2D eigenvalue weighted by atomic mass is 32.2. The zero-order chi connectivity index (χ0) is 10.8. The summed E-state index contributed by atoms with van der Waals surface area (Å²) in [4.78, 5) is 1.41. The van der Waals surface area contributed by atoms with E-state index in [2.05, 4.69) is 48.9 Å². The van der Waals surface area contributed by atoms with Crippen molar-refractivity contribution >= 4 is 21.7 Å². The molecule has 2 heteroatoms. The Balaban J connectivity index is 2.77. The molecule has 2 rings (SSSR count). The Bertz CT molecular complexity index is 477. The molecule has 2 aromatic rings. The Kier molecular flexibility index (Phi) is 2.87. The van der Waals surface area contributed by atoms with E-state index in [0.717, 1.165) is 5.75 Å². The molecule has 0 saturated heterocycles. The Morgan fingerprint density at radius 1 is 0.933 bits per heavy atom. The summed E-state index contributed by atoms with van der Waals surface area (Å²) >= 11 is 0. The fraction of sp³-hybridized carbons (Fsp3) is 0.231. The van der Waals surface area contributed by atoms with E-state index >= 15 is 0 Å². The average molecular weight is 219 g/mol. The molecule has 0 aromatic heterocycles. The van der Waals surface area contributed by atoms with Gasteiger partial charge in [0, 0.05) is 21.7 Å². The van der Waals surface area contributed by atoms with Crippen molar-refractivity contribution in [1.29, 1.82) is 0 Å². The fourth-order valence-electron chi connectivity index (χ4n) is 1.78. The Morgan fingerprint density at radius 3 is 2.20 bits per heavy atom. The Morgan fingerprint density at radius 2 is 1.60 bits per heavy atom. The van der Waals surface area contributed by atoms with Crippen molar-refractivity contribution in [2.24, 2.45) is 0 Å². The summed E-state index contributed by atoms with van der Waals surface area (Å²) in [6.07, 6.45) is 4.49. The predicted molar refractivity (Wildman–Crippen MR) is 68.0 cm³/mol. The molecule has 1 nitrogen and oxygen atoms in total. The van der Waals surface area contributed by atoms with Crippen molar-refractivity contribution < 1.29 is 4.74 Å². The molecule has 0 amide bonds. The van der Waals surface area contributed by atoms with Crippen LogP contribution in [0.1, 0.15) is 0 Å². The van der Waals surface area contributed by atoms with E-state index in [1.54, 1.807) is 7.11 Å². The van der Waals surface area contributed by atoms with E-state index in [0.29, 0.717) is 0 Å². The minimum atomic E-state index is 0.281.